The van der Waals surface area contributed by atoms with Gasteiger partial charge in [-0.3, -0.25) is 0 Å². The average molecular weight is 333 g/mol. The maximum Gasteiger partial charge on any atom is 0.212 e. The molecule has 4 nitrogen and oxygen atoms in total. The molecular weight excluding hydrogens is 310 g/mol. The van der Waals surface area contributed by atoms with E-state index in [1.165, 1.54) is 0 Å². The fourth-order valence-electron chi connectivity index (χ4n) is 3.15. The van der Waals surface area contributed by atoms with Gasteiger partial charge < -0.3 is 4.74 Å². The van der Waals surface area contributed by atoms with E-state index in [2.05, 4.69) is 4.72 Å². The molecule has 1 saturated heterocycles. The number of rotatable bonds is 5. The molecule has 1 aliphatic rings. The van der Waals surface area contributed by atoms with E-state index >= 15 is 0 Å². The molecule has 3 rings (SSSR count). The number of fused-ring (bicyclic) bond motifs is 1. The van der Waals surface area contributed by atoms with Crippen molar-refractivity contribution in [3.8, 4) is 0 Å². The van der Waals surface area contributed by atoms with Crippen LogP contribution in [0.15, 0.2) is 42.5 Å². The Bertz CT molecular complexity index is 774. The van der Waals surface area contributed by atoms with Gasteiger partial charge in [0, 0.05) is 19.8 Å². The number of sulfonamides is 1. The number of nitrogens with one attached hydrogen (secondary N) is 1. The molecule has 0 radical (unpaired) electrons. The summed E-state index contributed by atoms with van der Waals surface area (Å²) >= 11 is 0. The van der Waals surface area contributed by atoms with Crippen LogP contribution in [0.3, 0.4) is 0 Å². The molecule has 0 spiro atoms. The summed E-state index contributed by atoms with van der Waals surface area (Å²) in [4.78, 5) is 0. The van der Waals surface area contributed by atoms with Crippen LogP contribution in [-0.2, 0) is 21.3 Å². The number of hydrogen-bond donors (Lipinski definition) is 1. The molecule has 0 bridgehead atoms. The second-order valence-corrected chi connectivity index (χ2v) is 8.45. The van der Waals surface area contributed by atoms with E-state index in [1.54, 1.807) is 0 Å². The molecule has 0 saturated carbocycles. The Kier molecular flexibility index (Phi) is 4.71. The molecule has 5 heteroatoms. The summed E-state index contributed by atoms with van der Waals surface area (Å²) in [5, 5.41) is 2.22. The molecule has 1 N–H and O–H groups in total. The molecule has 0 amide bonds. The van der Waals surface area contributed by atoms with E-state index < -0.39 is 10.0 Å². The Morgan fingerprint density at radius 3 is 2.57 bits per heavy atom. The minimum atomic E-state index is -3.31. The van der Waals surface area contributed by atoms with Gasteiger partial charge in [-0.15, -0.1) is 0 Å². The molecule has 0 aliphatic carbocycles. The van der Waals surface area contributed by atoms with Crippen molar-refractivity contribution in [2.75, 3.05) is 19.0 Å². The lowest BCUT2D eigenvalue weighted by atomic mass is 9.85. The lowest BCUT2D eigenvalue weighted by molar-refractivity contribution is 0.0340. The Hall–Kier alpha value is -1.43. The molecule has 0 unspecified atom stereocenters. The van der Waals surface area contributed by atoms with Crippen molar-refractivity contribution in [1.82, 2.24) is 4.72 Å². The van der Waals surface area contributed by atoms with Crippen LogP contribution in [-0.4, -0.2) is 27.4 Å². The predicted octanol–water partition coefficient (Wildman–Crippen LogP) is 3.08. The lowest BCUT2D eigenvalue weighted by Crippen LogP contribution is -2.38. The molecule has 0 atom stereocenters. The normalized spacial score (nSPS) is 18.1. The minimum Gasteiger partial charge on any atom is -0.381 e. The average Bonchev–Trinajstić information content (AvgIpc) is 2.52. The smallest absolute Gasteiger partial charge is 0.212 e. The fourth-order valence-corrected chi connectivity index (χ4v) is 4.84. The van der Waals surface area contributed by atoms with Gasteiger partial charge in [-0.05, 0) is 34.6 Å². The van der Waals surface area contributed by atoms with Crippen molar-refractivity contribution in [2.24, 2.45) is 5.41 Å². The van der Waals surface area contributed by atoms with Gasteiger partial charge in [-0.2, -0.15) is 0 Å². The van der Waals surface area contributed by atoms with Crippen LogP contribution in [0.25, 0.3) is 10.8 Å². The second-order valence-electron chi connectivity index (χ2n) is 6.64. The molecule has 23 heavy (non-hydrogen) atoms. The zero-order valence-corrected chi connectivity index (χ0v) is 14.2. The molecule has 1 heterocycles. The zero-order valence-electron chi connectivity index (χ0n) is 13.4. The Morgan fingerprint density at radius 2 is 1.78 bits per heavy atom. The van der Waals surface area contributed by atoms with E-state index in [4.69, 9.17) is 4.74 Å². The van der Waals surface area contributed by atoms with Crippen LogP contribution in [0.2, 0.25) is 0 Å². The van der Waals surface area contributed by atoms with Gasteiger partial charge in [0.05, 0.1) is 5.75 Å². The first kappa shape index (κ1) is 16.4. The largest absolute Gasteiger partial charge is 0.381 e. The van der Waals surface area contributed by atoms with Crippen LogP contribution in [0, 0.1) is 5.41 Å². The second kappa shape index (κ2) is 6.59. The Labute approximate surface area is 137 Å². The van der Waals surface area contributed by atoms with Gasteiger partial charge in [0.2, 0.25) is 10.0 Å². The highest BCUT2D eigenvalue weighted by atomic mass is 32.2. The molecule has 0 aromatic heterocycles. The molecule has 2 aromatic rings. The number of hydrogen-bond acceptors (Lipinski definition) is 3. The minimum absolute atomic E-state index is 0.161. The van der Waals surface area contributed by atoms with E-state index in [0.717, 1.165) is 29.2 Å². The van der Waals surface area contributed by atoms with Gasteiger partial charge in [-0.1, -0.05) is 49.4 Å². The SMILES string of the molecule is CC1(CS(=O)(=O)NCc2cccc3ccccc23)CCOCC1. The van der Waals surface area contributed by atoms with E-state index in [-0.39, 0.29) is 11.2 Å². The predicted molar refractivity (Wildman–Crippen MR) is 92.7 cm³/mol. The van der Waals surface area contributed by atoms with Crippen molar-refractivity contribution in [3.05, 3.63) is 48.0 Å². The first-order valence-electron chi connectivity index (χ1n) is 7.99. The summed E-state index contributed by atoms with van der Waals surface area (Å²) in [5.74, 6) is 0.161. The van der Waals surface area contributed by atoms with Gasteiger partial charge >= 0.3 is 0 Å². The van der Waals surface area contributed by atoms with Crippen LogP contribution >= 0.6 is 0 Å². The van der Waals surface area contributed by atoms with Crippen molar-refractivity contribution in [1.29, 1.82) is 0 Å². The summed E-state index contributed by atoms with van der Waals surface area (Å²) in [6.07, 6.45) is 1.59. The van der Waals surface area contributed by atoms with Gasteiger partial charge in [-0.25, -0.2) is 13.1 Å². The first-order chi connectivity index (χ1) is 11.0. The molecular formula is C18H23NO3S. The third-order valence-electron chi connectivity index (χ3n) is 4.60. The van der Waals surface area contributed by atoms with Gasteiger partial charge in [0.25, 0.3) is 0 Å². The lowest BCUT2D eigenvalue weighted by Gasteiger charge is -2.33. The highest BCUT2D eigenvalue weighted by molar-refractivity contribution is 7.89. The van der Waals surface area contributed by atoms with Crippen molar-refractivity contribution >= 4 is 20.8 Å². The van der Waals surface area contributed by atoms with Gasteiger partial charge in [0.15, 0.2) is 0 Å². The fraction of sp³-hybridized carbons (Fsp3) is 0.444. The van der Waals surface area contributed by atoms with Crippen LogP contribution < -0.4 is 4.72 Å². The standard InChI is InChI=1S/C18H23NO3S/c1-18(9-11-22-12-10-18)14-23(20,21)19-13-16-7-4-6-15-5-2-3-8-17(15)16/h2-8,19H,9-14H2,1H3. The Balaban J connectivity index is 1.71. The molecule has 1 aliphatic heterocycles. The zero-order chi connectivity index (χ0) is 16.3. The summed E-state index contributed by atoms with van der Waals surface area (Å²) in [6, 6.07) is 14.0. The summed E-state index contributed by atoms with van der Waals surface area (Å²) < 4.78 is 33.0. The molecule has 124 valence electrons. The topological polar surface area (TPSA) is 55.4 Å². The van der Waals surface area contributed by atoms with Crippen molar-refractivity contribution in [3.63, 3.8) is 0 Å². The number of ether oxygens (including phenoxy) is 1. The van der Waals surface area contributed by atoms with E-state index in [1.807, 2.05) is 49.4 Å². The van der Waals surface area contributed by atoms with Crippen molar-refractivity contribution in [2.45, 2.75) is 26.3 Å². The van der Waals surface area contributed by atoms with Crippen LogP contribution in [0.5, 0.6) is 0 Å². The van der Waals surface area contributed by atoms with Crippen LogP contribution in [0.4, 0.5) is 0 Å². The molecule has 2 aromatic carbocycles. The number of benzene rings is 2. The summed E-state index contributed by atoms with van der Waals surface area (Å²) in [5.41, 5.74) is 0.812. The van der Waals surface area contributed by atoms with Crippen LogP contribution in [0.1, 0.15) is 25.3 Å². The monoisotopic (exact) mass is 333 g/mol. The quantitative estimate of drug-likeness (QED) is 0.915. The van der Waals surface area contributed by atoms with Crippen molar-refractivity contribution < 1.29 is 13.2 Å². The summed E-state index contributed by atoms with van der Waals surface area (Å²) in [6.45, 7) is 3.66. The highest BCUT2D eigenvalue weighted by Crippen LogP contribution is 2.31. The van der Waals surface area contributed by atoms with Gasteiger partial charge in [0.1, 0.15) is 0 Å². The first-order valence-corrected chi connectivity index (χ1v) is 9.64. The van der Waals surface area contributed by atoms with E-state index in [0.29, 0.717) is 19.8 Å². The highest BCUT2D eigenvalue weighted by Gasteiger charge is 2.32. The Morgan fingerprint density at radius 1 is 1.09 bits per heavy atom. The summed E-state index contributed by atoms with van der Waals surface area (Å²) in [7, 11) is -3.31. The third-order valence-corrected chi connectivity index (χ3v) is 6.26. The third kappa shape index (κ3) is 4.10. The maximum atomic E-state index is 12.5. The maximum absolute atomic E-state index is 12.5. The van der Waals surface area contributed by atoms with E-state index in [9.17, 15) is 8.42 Å². The molecule has 1 fully saturated rings.